The van der Waals surface area contributed by atoms with Crippen LogP contribution in [0.1, 0.15) is 5.69 Å². The Morgan fingerprint density at radius 1 is 1.60 bits per heavy atom. The van der Waals surface area contributed by atoms with E-state index in [4.69, 9.17) is 5.11 Å². The molecule has 7 heteroatoms. The number of nitrogens with zero attached hydrogens (tertiary/aromatic N) is 2. The van der Waals surface area contributed by atoms with Crippen LogP contribution in [-0.2, 0) is 4.79 Å². The number of hydrogen-bond acceptors (Lipinski definition) is 4. The van der Waals surface area contributed by atoms with Crippen molar-refractivity contribution in [1.29, 1.82) is 0 Å². The molecular formula is C8H5BrN2O4. The van der Waals surface area contributed by atoms with E-state index in [0.29, 0.717) is 0 Å². The lowest BCUT2D eigenvalue weighted by atomic mass is 10.3. The molecule has 0 saturated heterocycles. The Morgan fingerprint density at radius 2 is 2.27 bits per heavy atom. The number of aromatic nitrogens is 1. The van der Waals surface area contributed by atoms with Gasteiger partial charge in [-0.05, 0) is 44.0 Å². The fourth-order valence-corrected chi connectivity index (χ4v) is 1.19. The number of pyridine rings is 1. The van der Waals surface area contributed by atoms with Gasteiger partial charge in [0.25, 0.3) is 0 Å². The van der Waals surface area contributed by atoms with Crippen molar-refractivity contribution in [3.63, 3.8) is 0 Å². The van der Waals surface area contributed by atoms with E-state index in [-0.39, 0.29) is 16.0 Å². The van der Waals surface area contributed by atoms with Gasteiger partial charge in [0.2, 0.25) is 0 Å². The van der Waals surface area contributed by atoms with Crippen molar-refractivity contribution < 1.29 is 14.8 Å². The molecule has 0 bridgehead atoms. The molecular weight excluding hydrogens is 268 g/mol. The van der Waals surface area contributed by atoms with Crippen molar-refractivity contribution in [3.05, 3.63) is 38.5 Å². The van der Waals surface area contributed by atoms with Crippen molar-refractivity contribution in [2.75, 3.05) is 0 Å². The summed E-state index contributed by atoms with van der Waals surface area (Å²) in [6, 6.07) is 2.91. The standard InChI is InChI=1S/C8H5BrN2O4/c9-6-3-1-5(2-4-7(12)13)10-8(6)11(14)15/h1-4H,(H,12,13)/b4-2+. The van der Waals surface area contributed by atoms with Gasteiger partial charge in [0.15, 0.2) is 5.69 Å². The topological polar surface area (TPSA) is 93.3 Å². The lowest BCUT2D eigenvalue weighted by Crippen LogP contribution is -1.95. The number of halogens is 1. The number of carboxylic acids is 1. The molecule has 1 N–H and O–H groups in total. The largest absolute Gasteiger partial charge is 0.478 e. The normalized spacial score (nSPS) is 10.5. The molecule has 0 aliphatic carbocycles. The van der Waals surface area contributed by atoms with Gasteiger partial charge in [-0.2, -0.15) is 0 Å². The smallest absolute Gasteiger partial charge is 0.378 e. The molecule has 78 valence electrons. The number of rotatable bonds is 3. The number of carboxylic acid groups (broad SMARTS) is 1. The molecule has 0 unspecified atom stereocenters. The Labute approximate surface area is 92.5 Å². The third kappa shape index (κ3) is 3.13. The van der Waals surface area contributed by atoms with Crippen LogP contribution in [0.3, 0.4) is 0 Å². The molecule has 0 fully saturated rings. The first-order valence-electron chi connectivity index (χ1n) is 3.72. The molecule has 1 rings (SSSR count). The van der Waals surface area contributed by atoms with E-state index in [0.717, 1.165) is 6.08 Å². The second kappa shape index (κ2) is 4.65. The van der Waals surface area contributed by atoms with Gasteiger partial charge in [-0.15, -0.1) is 0 Å². The van der Waals surface area contributed by atoms with Crippen molar-refractivity contribution in [1.82, 2.24) is 4.98 Å². The third-order valence-electron chi connectivity index (χ3n) is 1.42. The van der Waals surface area contributed by atoms with Crippen LogP contribution >= 0.6 is 15.9 Å². The quantitative estimate of drug-likeness (QED) is 0.515. The van der Waals surface area contributed by atoms with Crippen LogP contribution in [0, 0.1) is 10.1 Å². The van der Waals surface area contributed by atoms with Crippen molar-refractivity contribution in [2.24, 2.45) is 0 Å². The van der Waals surface area contributed by atoms with Crippen molar-refractivity contribution in [3.8, 4) is 0 Å². The average molecular weight is 273 g/mol. The van der Waals surface area contributed by atoms with E-state index >= 15 is 0 Å². The molecule has 0 saturated carbocycles. The van der Waals surface area contributed by atoms with Gasteiger partial charge in [-0.3, -0.25) is 0 Å². The van der Waals surface area contributed by atoms with E-state index in [9.17, 15) is 14.9 Å². The molecule has 15 heavy (non-hydrogen) atoms. The molecule has 1 heterocycles. The third-order valence-corrected chi connectivity index (χ3v) is 2.04. The predicted octanol–water partition coefficient (Wildman–Crippen LogP) is 1.85. The lowest BCUT2D eigenvalue weighted by Gasteiger charge is -1.94. The highest BCUT2D eigenvalue weighted by atomic mass is 79.9. The lowest BCUT2D eigenvalue weighted by molar-refractivity contribution is -0.390. The highest BCUT2D eigenvalue weighted by Gasteiger charge is 2.13. The van der Waals surface area contributed by atoms with Gasteiger partial charge >= 0.3 is 11.8 Å². The monoisotopic (exact) mass is 272 g/mol. The molecule has 0 amide bonds. The second-order valence-corrected chi connectivity index (χ2v) is 3.32. The molecule has 0 spiro atoms. The molecule has 0 atom stereocenters. The first-order valence-corrected chi connectivity index (χ1v) is 4.52. The molecule has 6 nitrogen and oxygen atoms in total. The van der Waals surface area contributed by atoms with E-state index in [1.165, 1.54) is 18.2 Å². The van der Waals surface area contributed by atoms with Crippen molar-refractivity contribution in [2.45, 2.75) is 0 Å². The Hall–Kier alpha value is -1.76. The number of hydrogen-bond donors (Lipinski definition) is 1. The van der Waals surface area contributed by atoms with Crippen molar-refractivity contribution >= 4 is 33.8 Å². The molecule has 1 aromatic heterocycles. The minimum absolute atomic E-state index is 0.215. The molecule has 0 radical (unpaired) electrons. The van der Waals surface area contributed by atoms with Gasteiger partial charge in [0, 0.05) is 6.08 Å². The van der Waals surface area contributed by atoms with E-state index in [1.807, 2.05) is 0 Å². The zero-order valence-electron chi connectivity index (χ0n) is 7.25. The summed E-state index contributed by atoms with van der Waals surface area (Å²) < 4.78 is 0.250. The summed E-state index contributed by atoms with van der Waals surface area (Å²) in [7, 11) is 0. The molecule has 1 aromatic rings. The Morgan fingerprint density at radius 3 is 2.80 bits per heavy atom. The zero-order valence-corrected chi connectivity index (χ0v) is 8.84. The average Bonchev–Trinajstić information content (AvgIpc) is 2.16. The van der Waals surface area contributed by atoms with E-state index in [1.54, 1.807) is 0 Å². The maximum Gasteiger partial charge on any atom is 0.378 e. The van der Waals surface area contributed by atoms with Crippen LogP contribution in [-0.4, -0.2) is 21.0 Å². The molecule has 0 aliphatic heterocycles. The van der Waals surface area contributed by atoms with Crippen LogP contribution in [0.5, 0.6) is 0 Å². The Bertz CT molecular complexity index is 444. The SMILES string of the molecule is O=C(O)/C=C/c1ccc(Br)c([N+](=O)[O-])n1. The van der Waals surface area contributed by atoms with Gasteiger partial charge in [-0.25, -0.2) is 4.79 Å². The summed E-state index contributed by atoms with van der Waals surface area (Å²) in [5.41, 5.74) is 0.215. The summed E-state index contributed by atoms with van der Waals surface area (Å²) in [4.78, 5) is 23.7. The fraction of sp³-hybridized carbons (Fsp3) is 0. The number of carbonyl (C=O) groups is 1. The van der Waals surface area contributed by atoms with Gasteiger partial charge in [0.1, 0.15) is 4.47 Å². The maximum absolute atomic E-state index is 10.5. The molecule has 0 aliphatic rings. The predicted molar refractivity (Wildman–Crippen MR) is 55.3 cm³/mol. The maximum atomic E-state index is 10.5. The first kappa shape index (κ1) is 11.3. The zero-order chi connectivity index (χ0) is 11.4. The van der Waals surface area contributed by atoms with Crippen LogP contribution in [0.25, 0.3) is 6.08 Å². The first-order chi connectivity index (χ1) is 7.00. The van der Waals surface area contributed by atoms with Crippen LogP contribution in [0.15, 0.2) is 22.7 Å². The van der Waals surface area contributed by atoms with Crippen LogP contribution in [0.4, 0.5) is 5.82 Å². The van der Waals surface area contributed by atoms with Gasteiger partial charge in [0.05, 0.1) is 0 Å². The van der Waals surface area contributed by atoms with Gasteiger partial charge in [-0.1, -0.05) is 0 Å². The van der Waals surface area contributed by atoms with Crippen LogP contribution in [0.2, 0.25) is 0 Å². The highest BCUT2D eigenvalue weighted by molar-refractivity contribution is 9.10. The fourth-order valence-electron chi connectivity index (χ4n) is 0.824. The van der Waals surface area contributed by atoms with E-state index in [2.05, 4.69) is 20.9 Å². The van der Waals surface area contributed by atoms with Gasteiger partial charge < -0.3 is 15.2 Å². The minimum Gasteiger partial charge on any atom is -0.478 e. The Balaban J connectivity index is 3.08. The van der Waals surface area contributed by atoms with E-state index < -0.39 is 10.9 Å². The summed E-state index contributed by atoms with van der Waals surface area (Å²) in [5, 5.41) is 18.8. The summed E-state index contributed by atoms with van der Waals surface area (Å²) in [6.45, 7) is 0. The highest BCUT2D eigenvalue weighted by Crippen LogP contribution is 2.22. The molecule has 0 aromatic carbocycles. The minimum atomic E-state index is -1.14. The summed E-state index contributed by atoms with van der Waals surface area (Å²) >= 11 is 2.97. The number of aliphatic carboxylic acids is 1. The summed E-state index contributed by atoms with van der Waals surface area (Å²) in [6.07, 6.45) is 2.04. The summed E-state index contributed by atoms with van der Waals surface area (Å²) in [5.74, 6) is -1.48. The Kier molecular flexibility index (Phi) is 3.51. The number of nitro groups is 1. The second-order valence-electron chi connectivity index (χ2n) is 2.47. The van der Waals surface area contributed by atoms with Crippen LogP contribution < -0.4 is 0 Å².